The molecule has 112 valence electrons. The molecule has 0 fully saturated rings. The highest BCUT2D eigenvalue weighted by Crippen LogP contribution is 2.16. The maximum absolute atomic E-state index is 10.7. The van der Waals surface area contributed by atoms with Gasteiger partial charge < -0.3 is 25.6 Å². The van der Waals surface area contributed by atoms with E-state index in [4.69, 9.17) is 15.2 Å². The molecule has 0 saturated heterocycles. The Morgan fingerprint density at radius 2 is 1.95 bits per heavy atom. The van der Waals surface area contributed by atoms with Crippen LogP contribution in [-0.2, 0) is 4.79 Å². The quantitative estimate of drug-likeness (QED) is 0.605. The van der Waals surface area contributed by atoms with E-state index in [0.29, 0.717) is 12.3 Å². The van der Waals surface area contributed by atoms with Gasteiger partial charge in [0.15, 0.2) is 0 Å². The van der Waals surface area contributed by atoms with Gasteiger partial charge in [-0.1, -0.05) is 0 Å². The third-order valence-electron chi connectivity index (χ3n) is 2.71. The zero-order chi connectivity index (χ0) is 15.0. The second-order valence-electron chi connectivity index (χ2n) is 4.62. The summed E-state index contributed by atoms with van der Waals surface area (Å²) in [5.74, 6) is 1.05. The molecule has 0 aromatic heterocycles. The van der Waals surface area contributed by atoms with Crippen molar-refractivity contribution in [2.24, 2.45) is 5.73 Å². The van der Waals surface area contributed by atoms with Gasteiger partial charge in [-0.2, -0.15) is 0 Å². The number of aliphatic hydroxyl groups excluding tert-OH is 1. The van der Waals surface area contributed by atoms with Crippen LogP contribution in [0.5, 0.6) is 11.5 Å². The number of hydrogen-bond donors (Lipinski definition) is 3. The number of carbonyl (C=O) groups excluding carboxylic acids is 1. The first-order valence-corrected chi connectivity index (χ1v) is 6.48. The van der Waals surface area contributed by atoms with Gasteiger partial charge in [-0.15, -0.1) is 0 Å². The predicted molar refractivity (Wildman–Crippen MR) is 75.8 cm³/mol. The summed E-state index contributed by atoms with van der Waals surface area (Å²) >= 11 is 0. The van der Waals surface area contributed by atoms with Crippen LogP contribution in [0.1, 0.15) is 13.3 Å². The van der Waals surface area contributed by atoms with Crippen molar-refractivity contribution in [1.29, 1.82) is 0 Å². The monoisotopic (exact) mass is 282 g/mol. The van der Waals surface area contributed by atoms with E-state index in [2.05, 4.69) is 5.32 Å². The fraction of sp³-hybridized carbons (Fsp3) is 0.500. The summed E-state index contributed by atoms with van der Waals surface area (Å²) in [5.41, 5.74) is 5.08. The first-order valence-electron chi connectivity index (χ1n) is 6.48. The van der Waals surface area contributed by atoms with E-state index >= 15 is 0 Å². The van der Waals surface area contributed by atoms with Crippen LogP contribution < -0.4 is 20.5 Å². The molecule has 0 aliphatic heterocycles. The summed E-state index contributed by atoms with van der Waals surface area (Å²) in [5, 5.41) is 12.8. The van der Waals surface area contributed by atoms with Crippen LogP contribution in [0.15, 0.2) is 24.3 Å². The molecule has 0 heterocycles. The predicted octanol–water partition coefficient (Wildman–Crippen LogP) is 0.288. The van der Waals surface area contributed by atoms with Gasteiger partial charge in [0, 0.05) is 19.0 Å². The van der Waals surface area contributed by atoms with Crippen LogP contribution >= 0.6 is 0 Å². The molecule has 0 aliphatic rings. The number of aliphatic hydroxyl groups is 1. The van der Waals surface area contributed by atoms with E-state index < -0.39 is 6.10 Å². The molecule has 6 heteroatoms. The topological polar surface area (TPSA) is 93.8 Å². The Morgan fingerprint density at radius 1 is 1.35 bits per heavy atom. The van der Waals surface area contributed by atoms with Crippen LogP contribution in [0.2, 0.25) is 0 Å². The minimum Gasteiger partial charge on any atom is -0.497 e. The number of amides is 1. The first-order chi connectivity index (χ1) is 9.51. The summed E-state index contributed by atoms with van der Waals surface area (Å²) in [6.45, 7) is 2.34. The van der Waals surface area contributed by atoms with Crippen molar-refractivity contribution in [2.75, 3.05) is 20.3 Å². The number of methoxy groups -OCH3 is 1. The molecule has 0 radical (unpaired) electrons. The molecule has 1 amide bonds. The van der Waals surface area contributed by atoms with Crippen molar-refractivity contribution in [2.45, 2.75) is 25.5 Å². The number of hydrogen-bond acceptors (Lipinski definition) is 5. The fourth-order valence-corrected chi connectivity index (χ4v) is 1.63. The summed E-state index contributed by atoms with van der Waals surface area (Å²) < 4.78 is 10.5. The molecule has 4 N–H and O–H groups in total. The average molecular weight is 282 g/mol. The smallest absolute Gasteiger partial charge is 0.218 e. The number of rotatable bonds is 9. The molecule has 1 rings (SSSR count). The summed E-state index contributed by atoms with van der Waals surface area (Å²) in [6, 6.07) is 7.05. The van der Waals surface area contributed by atoms with E-state index in [-0.39, 0.29) is 25.0 Å². The Bertz CT molecular complexity index is 408. The van der Waals surface area contributed by atoms with Crippen LogP contribution in [0.4, 0.5) is 0 Å². The number of nitrogens with one attached hydrogen (secondary N) is 1. The van der Waals surface area contributed by atoms with Crippen molar-refractivity contribution >= 4 is 5.91 Å². The molecule has 0 bridgehead atoms. The minimum absolute atomic E-state index is 0.0665. The SMILES string of the molecule is COc1ccc(OCC(O)CNC(C)CC(N)=O)cc1. The molecule has 1 aromatic carbocycles. The average Bonchev–Trinajstić information content (AvgIpc) is 2.42. The molecular formula is C14H22N2O4. The van der Waals surface area contributed by atoms with Gasteiger partial charge in [-0.05, 0) is 31.2 Å². The lowest BCUT2D eigenvalue weighted by atomic mass is 10.2. The summed E-state index contributed by atoms with van der Waals surface area (Å²) in [6.07, 6.45) is -0.418. The first kappa shape index (κ1) is 16.3. The molecule has 0 spiro atoms. The highest BCUT2D eigenvalue weighted by molar-refractivity contribution is 5.74. The van der Waals surface area contributed by atoms with E-state index in [1.165, 1.54) is 0 Å². The van der Waals surface area contributed by atoms with E-state index in [1.54, 1.807) is 31.4 Å². The summed E-state index contributed by atoms with van der Waals surface area (Å²) in [7, 11) is 1.60. The minimum atomic E-state index is -0.660. The van der Waals surface area contributed by atoms with Gasteiger partial charge in [0.05, 0.1) is 7.11 Å². The third kappa shape index (κ3) is 6.40. The molecule has 0 saturated carbocycles. The van der Waals surface area contributed by atoms with Gasteiger partial charge >= 0.3 is 0 Å². The molecular weight excluding hydrogens is 260 g/mol. The maximum atomic E-state index is 10.7. The van der Waals surface area contributed by atoms with Gasteiger partial charge in [0.1, 0.15) is 24.2 Å². The second kappa shape index (κ2) is 8.39. The van der Waals surface area contributed by atoms with Gasteiger partial charge in [-0.3, -0.25) is 4.79 Å². The number of nitrogens with two attached hydrogens (primary N) is 1. The van der Waals surface area contributed by atoms with Gasteiger partial charge in [0.2, 0.25) is 5.91 Å². The lowest BCUT2D eigenvalue weighted by Gasteiger charge is -2.16. The maximum Gasteiger partial charge on any atom is 0.218 e. The lowest BCUT2D eigenvalue weighted by molar-refractivity contribution is -0.118. The van der Waals surface area contributed by atoms with Crippen molar-refractivity contribution in [3.63, 3.8) is 0 Å². The standard InChI is InChI=1S/C14H22N2O4/c1-10(7-14(15)18)16-8-11(17)9-20-13-5-3-12(19-2)4-6-13/h3-6,10-11,16-17H,7-9H2,1-2H3,(H2,15,18). The van der Waals surface area contributed by atoms with Crippen molar-refractivity contribution in [3.8, 4) is 11.5 Å². The molecule has 2 atom stereocenters. The van der Waals surface area contributed by atoms with E-state index in [0.717, 1.165) is 5.75 Å². The number of ether oxygens (including phenoxy) is 2. The van der Waals surface area contributed by atoms with Crippen LogP contribution in [0, 0.1) is 0 Å². The highest BCUT2D eigenvalue weighted by Gasteiger charge is 2.09. The van der Waals surface area contributed by atoms with Crippen molar-refractivity contribution in [3.05, 3.63) is 24.3 Å². The molecule has 6 nitrogen and oxygen atoms in total. The second-order valence-corrected chi connectivity index (χ2v) is 4.62. The zero-order valence-electron chi connectivity index (χ0n) is 11.8. The van der Waals surface area contributed by atoms with Gasteiger partial charge in [0.25, 0.3) is 0 Å². The van der Waals surface area contributed by atoms with Crippen molar-refractivity contribution in [1.82, 2.24) is 5.32 Å². The molecule has 1 aromatic rings. The number of carbonyl (C=O) groups is 1. The normalized spacial score (nSPS) is 13.6. The molecule has 20 heavy (non-hydrogen) atoms. The third-order valence-corrected chi connectivity index (χ3v) is 2.71. The van der Waals surface area contributed by atoms with Crippen LogP contribution in [0.3, 0.4) is 0 Å². The number of primary amides is 1. The fourth-order valence-electron chi connectivity index (χ4n) is 1.63. The summed E-state index contributed by atoms with van der Waals surface area (Å²) in [4.78, 5) is 10.7. The molecule has 0 aliphatic carbocycles. The van der Waals surface area contributed by atoms with Crippen LogP contribution in [0.25, 0.3) is 0 Å². The Labute approximate surface area is 118 Å². The van der Waals surface area contributed by atoms with Crippen molar-refractivity contribution < 1.29 is 19.4 Å². The van der Waals surface area contributed by atoms with Crippen LogP contribution in [-0.4, -0.2) is 43.4 Å². The molecule has 2 unspecified atom stereocenters. The number of benzene rings is 1. The highest BCUT2D eigenvalue weighted by atomic mass is 16.5. The Balaban J connectivity index is 2.24. The van der Waals surface area contributed by atoms with Gasteiger partial charge in [-0.25, -0.2) is 0 Å². The van der Waals surface area contributed by atoms with E-state index in [1.807, 2.05) is 6.92 Å². The van der Waals surface area contributed by atoms with E-state index in [9.17, 15) is 9.90 Å². The largest absolute Gasteiger partial charge is 0.497 e. The Morgan fingerprint density at radius 3 is 2.50 bits per heavy atom. The Hall–Kier alpha value is -1.79. The lowest BCUT2D eigenvalue weighted by Crippen LogP contribution is -2.38. The Kier molecular flexibility index (Phi) is 6.83. The zero-order valence-corrected chi connectivity index (χ0v) is 11.8.